The van der Waals surface area contributed by atoms with E-state index in [1.807, 2.05) is 6.07 Å². The lowest BCUT2D eigenvalue weighted by atomic mass is 10.1. The molecule has 3 aromatic carbocycles. The summed E-state index contributed by atoms with van der Waals surface area (Å²) < 4.78 is 0. The fourth-order valence-corrected chi connectivity index (χ4v) is 3.01. The third-order valence-electron chi connectivity index (χ3n) is 4.28. The highest BCUT2D eigenvalue weighted by molar-refractivity contribution is 6.30. The standard InChI is InChI=1S/C23H20ClN3O3/c1-27(15-21(28)25-18-11-7-10-17(24)14-18)23(30)19-12-5-6-13-20(19)26-22(29)16-8-3-2-4-9-16/h2-14H,15H2,1H3,(H,25,28)(H,26,29). The Morgan fingerprint density at radius 1 is 0.867 bits per heavy atom. The van der Waals surface area contributed by atoms with Crippen LogP contribution < -0.4 is 10.6 Å². The number of nitrogens with zero attached hydrogens (tertiary/aromatic N) is 1. The minimum atomic E-state index is -0.389. The Morgan fingerprint density at radius 2 is 1.57 bits per heavy atom. The van der Waals surface area contributed by atoms with Crippen molar-refractivity contribution in [1.82, 2.24) is 4.90 Å². The van der Waals surface area contributed by atoms with Crippen LogP contribution in [-0.4, -0.2) is 36.2 Å². The molecule has 0 heterocycles. The topological polar surface area (TPSA) is 78.5 Å². The van der Waals surface area contributed by atoms with Gasteiger partial charge in [0.1, 0.15) is 0 Å². The monoisotopic (exact) mass is 421 g/mol. The normalized spacial score (nSPS) is 10.2. The first kappa shape index (κ1) is 21.1. The highest BCUT2D eigenvalue weighted by Crippen LogP contribution is 2.19. The SMILES string of the molecule is CN(CC(=O)Nc1cccc(Cl)c1)C(=O)c1ccccc1NC(=O)c1ccccc1. The molecular weight excluding hydrogens is 402 g/mol. The summed E-state index contributed by atoms with van der Waals surface area (Å²) in [5, 5.41) is 5.96. The molecule has 0 aliphatic rings. The Hall–Kier alpha value is -3.64. The molecule has 0 spiro atoms. The van der Waals surface area contributed by atoms with Gasteiger partial charge in [0.25, 0.3) is 11.8 Å². The van der Waals surface area contributed by atoms with E-state index >= 15 is 0 Å². The summed E-state index contributed by atoms with van der Waals surface area (Å²) in [7, 11) is 1.52. The van der Waals surface area contributed by atoms with Gasteiger partial charge in [0.05, 0.1) is 17.8 Å². The minimum Gasteiger partial charge on any atom is -0.332 e. The number of amides is 3. The largest absolute Gasteiger partial charge is 0.332 e. The Balaban J connectivity index is 1.68. The minimum absolute atomic E-state index is 0.160. The molecule has 3 amide bonds. The summed E-state index contributed by atoms with van der Waals surface area (Å²) in [6, 6.07) is 22.1. The van der Waals surface area contributed by atoms with Gasteiger partial charge in [0.2, 0.25) is 5.91 Å². The molecule has 0 aromatic heterocycles. The predicted molar refractivity (Wildman–Crippen MR) is 118 cm³/mol. The van der Waals surface area contributed by atoms with E-state index in [-0.39, 0.29) is 24.3 Å². The van der Waals surface area contributed by atoms with Crippen molar-refractivity contribution in [2.75, 3.05) is 24.2 Å². The summed E-state index contributed by atoms with van der Waals surface area (Å²) in [4.78, 5) is 38.9. The summed E-state index contributed by atoms with van der Waals surface area (Å²) in [5.41, 5.74) is 1.69. The maximum atomic E-state index is 12.9. The lowest BCUT2D eigenvalue weighted by molar-refractivity contribution is -0.116. The molecule has 30 heavy (non-hydrogen) atoms. The van der Waals surface area contributed by atoms with Crippen LogP contribution >= 0.6 is 11.6 Å². The van der Waals surface area contributed by atoms with E-state index in [2.05, 4.69) is 10.6 Å². The molecule has 3 aromatic rings. The molecule has 0 saturated carbocycles. The molecule has 6 nitrogen and oxygen atoms in total. The van der Waals surface area contributed by atoms with Crippen molar-refractivity contribution in [2.45, 2.75) is 0 Å². The molecule has 0 aliphatic carbocycles. The van der Waals surface area contributed by atoms with Gasteiger partial charge in [-0.1, -0.05) is 48.0 Å². The van der Waals surface area contributed by atoms with Crippen LogP contribution in [0.4, 0.5) is 11.4 Å². The van der Waals surface area contributed by atoms with Gasteiger partial charge in [-0.05, 0) is 42.5 Å². The van der Waals surface area contributed by atoms with Crippen LogP contribution in [0, 0.1) is 0 Å². The first-order chi connectivity index (χ1) is 14.4. The Labute approximate surface area is 179 Å². The van der Waals surface area contributed by atoms with Crippen molar-refractivity contribution in [3.63, 3.8) is 0 Å². The smallest absolute Gasteiger partial charge is 0.256 e. The fourth-order valence-electron chi connectivity index (χ4n) is 2.82. The van der Waals surface area contributed by atoms with Crippen LogP contribution in [0.25, 0.3) is 0 Å². The molecule has 0 saturated heterocycles. The second-order valence-electron chi connectivity index (χ2n) is 6.59. The average Bonchev–Trinajstić information content (AvgIpc) is 2.74. The number of halogens is 1. The number of carbonyl (C=O) groups excluding carboxylic acids is 3. The lowest BCUT2D eigenvalue weighted by Gasteiger charge is -2.19. The van der Waals surface area contributed by atoms with E-state index < -0.39 is 0 Å². The number of para-hydroxylation sites is 1. The van der Waals surface area contributed by atoms with Crippen molar-refractivity contribution in [2.24, 2.45) is 0 Å². The van der Waals surface area contributed by atoms with Crippen molar-refractivity contribution < 1.29 is 14.4 Å². The van der Waals surface area contributed by atoms with Gasteiger partial charge in [0.15, 0.2) is 0 Å². The maximum Gasteiger partial charge on any atom is 0.256 e. The van der Waals surface area contributed by atoms with Crippen molar-refractivity contribution in [3.8, 4) is 0 Å². The van der Waals surface area contributed by atoms with Gasteiger partial charge in [-0.2, -0.15) is 0 Å². The number of rotatable bonds is 6. The second-order valence-corrected chi connectivity index (χ2v) is 7.02. The van der Waals surface area contributed by atoms with Crippen LogP contribution in [0.2, 0.25) is 5.02 Å². The van der Waals surface area contributed by atoms with E-state index in [9.17, 15) is 14.4 Å². The molecular formula is C23H20ClN3O3. The zero-order chi connectivity index (χ0) is 21.5. The highest BCUT2D eigenvalue weighted by Gasteiger charge is 2.19. The third-order valence-corrected chi connectivity index (χ3v) is 4.51. The lowest BCUT2D eigenvalue weighted by Crippen LogP contribution is -2.35. The molecule has 0 radical (unpaired) electrons. The molecule has 3 rings (SSSR count). The quantitative estimate of drug-likeness (QED) is 0.622. The van der Waals surface area contributed by atoms with Gasteiger partial charge >= 0.3 is 0 Å². The second kappa shape index (κ2) is 9.71. The Kier molecular flexibility index (Phi) is 6.83. The van der Waals surface area contributed by atoms with Crippen LogP contribution in [0.5, 0.6) is 0 Å². The van der Waals surface area contributed by atoms with Crippen molar-refractivity contribution >= 4 is 40.7 Å². The maximum absolute atomic E-state index is 12.9. The summed E-state index contributed by atoms with van der Waals surface area (Å²) in [6.45, 7) is -0.160. The van der Waals surface area contributed by atoms with E-state index in [1.165, 1.54) is 11.9 Å². The number of anilines is 2. The molecule has 0 aliphatic heterocycles. The number of hydrogen-bond donors (Lipinski definition) is 2. The van der Waals surface area contributed by atoms with Crippen LogP contribution in [0.3, 0.4) is 0 Å². The number of carbonyl (C=O) groups is 3. The van der Waals surface area contributed by atoms with Gasteiger partial charge in [0, 0.05) is 23.3 Å². The predicted octanol–water partition coefficient (Wildman–Crippen LogP) is 4.30. The van der Waals surface area contributed by atoms with Crippen LogP contribution in [0.15, 0.2) is 78.9 Å². The average molecular weight is 422 g/mol. The number of hydrogen-bond acceptors (Lipinski definition) is 3. The zero-order valence-electron chi connectivity index (χ0n) is 16.3. The third kappa shape index (κ3) is 5.46. The summed E-state index contributed by atoms with van der Waals surface area (Å²) in [6.07, 6.45) is 0. The Bertz CT molecular complexity index is 1070. The summed E-state index contributed by atoms with van der Waals surface area (Å²) in [5.74, 6) is -1.07. The first-order valence-electron chi connectivity index (χ1n) is 9.20. The molecule has 7 heteroatoms. The van der Waals surface area contributed by atoms with Crippen molar-refractivity contribution in [3.05, 3.63) is 95.0 Å². The molecule has 0 fully saturated rings. The zero-order valence-corrected chi connectivity index (χ0v) is 17.0. The highest BCUT2D eigenvalue weighted by atomic mass is 35.5. The van der Waals surface area contributed by atoms with Gasteiger partial charge in [-0.3, -0.25) is 14.4 Å². The van der Waals surface area contributed by atoms with E-state index in [0.717, 1.165) is 0 Å². The number of likely N-dealkylation sites (N-methyl/N-ethyl adjacent to an activating group) is 1. The van der Waals surface area contributed by atoms with Crippen molar-refractivity contribution in [1.29, 1.82) is 0 Å². The van der Waals surface area contributed by atoms with E-state index in [0.29, 0.717) is 27.5 Å². The van der Waals surface area contributed by atoms with Gasteiger partial charge in [-0.15, -0.1) is 0 Å². The number of nitrogens with one attached hydrogen (secondary N) is 2. The molecule has 0 atom stereocenters. The van der Waals surface area contributed by atoms with Gasteiger partial charge in [-0.25, -0.2) is 0 Å². The number of benzene rings is 3. The Morgan fingerprint density at radius 3 is 2.30 bits per heavy atom. The first-order valence-corrected chi connectivity index (χ1v) is 9.58. The summed E-state index contributed by atoms with van der Waals surface area (Å²) >= 11 is 5.92. The molecule has 2 N–H and O–H groups in total. The van der Waals surface area contributed by atoms with Gasteiger partial charge < -0.3 is 15.5 Å². The molecule has 0 unspecified atom stereocenters. The van der Waals surface area contributed by atoms with E-state index in [1.54, 1.807) is 72.8 Å². The fraction of sp³-hybridized carbons (Fsp3) is 0.0870. The van der Waals surface area contributed by atoms with Crippen LogP contribution in [0.1, 0.15) is 20.7 Å². The molecule has 0 bridgehead atoms. The van der Waals surface area contributed by atoms with Crippen LogP contribution in [-0.2, 0) is 4.79 Å². The molecule has 152 valence electrons. The van der Waals surface area contributed by atoms with E-state index in [4.69, 9.17) is 11.6 Å².